The first-order valence-corrected chi connectivity index (χ1v) is 8.43. The van der Waals surface area contributed by atoms with Gasteiger partial charge in [0.05, 0.1) is 5.52 Å². The average molecular weight is 335 g/mol. The van der Waals surface area contributed by atoms with Crippen LogP contribution in [0.25, 0.3) is 11.0 Å². The summed E-state index contributed by atoms with van der Waals surface area (Å²) in [6, 6.07) is 11.6. The highest BCUT2D eigenvalue weighted by Crippen LogP contribution is 2.09. The molecule has 0 atom stereocenters. The number of nitrogens with zero attached hydrogens (tertiary/aromatic N) is 1. The third kappa shape index (κ3) is 3.76. The molecule has 25 heavy (non-hydrogen) atoms. The van der Waals surface area contributed by atoms with Crippen molar-refractivity contribution in [1.29, 1.82) is 0 Å². The van der Waals surface area contributed by atoms with Gasteiger partial charge in [0.25, 0.3) is 5.91 Å². The number of carbonyl (C=O) groups excluding carboxylic acids is 1. The van der Waals surface area contributed by atoms with E-state index in [1.54, 1.807) is 0 Å². The molecule has 5 heteroatoms. The second-order valence-corrected chi connectivity index (χ2v) is 6.15. The number of H-pyrrole nitrogens is 1. The summed E-state index contributed by atoms with van der Waals surface area (Å²) < 4.78 is 0. The molecule has 0 spiro atoms. The minimum atomic E-state index is -0.397. The average Bonchev–Trinajstić information content (AvgIpc) is 2.62. The summed E-state index contributed by atoms with van der Waals surface area (Å²) in [5.41, 5.74) is 3.70. The molecule has 3 aromatic rings. The van der Waals surface area contributed by atoms with Gasteiger partial charge in [-0.25, -0.2) is 4.98 Å². The normalized spacial score (nSPS) is 10.8. The minimum absolute atomic E-state index is 0.0840. The molecule has 0 bridgehead atoms. The molecule has 0 saturated carbocycles. The molecule has 0 saturated heterocycles. The van der Waals surface area contributed by atoms with E-state index in [1.807, 2.05) is 43.3 Å². The lowest BCUT2D eigenvalue weighted by Crippen LogP contribution is -2.28. The summed E-state index contributed by atoms with van der Waals surface area (Å²) in [5, 5.41) is 2.79. The van der Waals surface area contributed by atoms with Crippen molar-refractivity contribution >= 4 is 16.9 Å². The largest absolute Gasteiger partial charge is 0.359 e. The van der Waals surface area contributed by atoms with Crippen LogP contribution in [-0.2, 0) is 13.0 Å². The van der Waals surface area contributed by atoms with Crippen molar-refractivity contribution in [2.45, 2.75) is 33.2 Å². The maximum Gasteiger partial charge on any atom is 0.257 e. The molecule has 2 N–H and O–H groups in total. The molecule has 2 heterocycles. The second kappa shape index (κ2) is 7.30. The fourth-order valence-corrected chi connectivity index (χ4v) is 2.68. The van der Waals surface area contributed by atoms with E-state index in [9.17, 15) is 9.59 Å². The Hall–Kier alpha value is -2.95. The van der Waals surface area contributed by atoms with Crippen LogP contribution in [0.1, 0.15) is 40.5 Å². The summed E-state index contributed by atoms with van der Waals surface area (Å²) in [4.78, 5) is 32.4. The molecule has 1 amide bonds. The van der Waals surface area contributed by atoms with Gasteiger partial charge in [0, 0.05) is 18.4 Å². The second-order valence-electron chi connectivity index (χ2n) is 6.15. The van der Waals surface area contributed by atoms with Gasteiger partial charge in [-0.2, -0.15) is 0 Å². The first-order chi connectivity index (χ1) is 12.1. The van der Waals surface area contributed by atoms with Crippen molar-refractivity contribution in [1.82, 2.24) is 15.3 Å². The van der Waals surface area contributed by atoms with Crippen molar-refractivity contribution < 1.29 is 4.79 Å². The summed E-state index contributed by atoms with van der Waals surface area (Å²) in [6.07, 6.45) is 3.21. The smallest absolute Gasteiger partial charge is 0.257 e. The number of rotatable bonds is 5. The van der Waals surface area contributed by atoms with E-state index in [1.165, 1.54) is 6.20 Å². The van der Waals surface area contributed by atoms with Gasteiger partial charge in [-0.15, -0.1) is 0 Å². The predicted molar refractivity (Wildman–Crippen MR) is 98.7 cm³/mol. The number of fused-ring (bicyclic) bond motifs is 1. The van der Waals surface area contributed by atoms with Crippen LogP contribution >= 0.6 is 0 Å². The van der Waals surface area contributed by atoms with Crippen LogP contribution < -0.4 is 10.7 Å². The molecule has 0 unspecified atom stereocenters. The molecule has 0 radical (unpaired) electrons. The first-order valence-electron chi connectivity index (χ1n) is 8.43. The Balaban J connectivity index is 1.84. The lowest BCUT2D eigenvalue weighted by atomic mass is 10.1. The lowest BCUT2D eigenvalue weighted by Gasteiger charge is -2.07. The van der Waals surface area contributed by atoms with Crippen molar-refractivity contribution in [3.05, 3.63) is 75.2 Å². The van der Waals surface area contributed by atoms with E-state index in [0.29, 0.717) is 17.6 Å². The molecule has 5 nitrogen and oxygen atoms in total. The number of hydrogen-bond donors (Lipinski definition) is 2. The summed E-state index contributed by atoms with van der Waals surface area (Å²) in [6.45, 7) is 4.45. The number of carbonyl (C=O) groups is 1. The molecule has 0 aliphatic rings. The molecule has 0 aliphatic carbocycles. The van der Waals surface area contributed by atoms with Crippen molar-refractivity contribution in [2.24, 2.45) is 0 Å². The van der Waals surface area contributed by atoms with Crippen LogP contribution in [0.15, 0.2) is 47.4 Å². The summed E-state index contributed by atoms with van der Waals surface area (Å²) >= 11 is 0. The third-order valence-corrected chi connectivity index (χ3v) is 4.11. The molecular formula is C20H21N3O2. The van der Waals surface area contributed by atoms with E-state index in [4.69, 9.17) is 0 Å². The molecule has 0 fully saturated rings. The Bertz CT molecular complexity index is 959. The highest BCUT2D eigenvalue weighted by Gasteiger charge is 2.14. The van der Waals surface area contributed by atoms with Crippen molar-refractivity contribution in [3.63, 3.8) is 0 Å². The Morgan fingerprint density at radius 2 is 1.92 bits per heavy atom. The van der Waals surface area contributed by atoms with Crippen LogP contribution in [0.2, 0.25) is 0 Å². The van der Waals surface area contributed by atoms with Crippen LogP contribution in [-0.4, -0.2) is 15.9 Å². The highest BCUT2D eigenvalue weighted by molar-refractivity contribution is 5.96. The molecule has 3 rings (SSSR count). The van der Waals surface area contributed by atoms with E-state index in [0.717, 1.165) is 29.7 Å². The standard InChI is InChI=1S/C20H21N3O2/c1-3-4-15-9-10-17-18(23-15)19(24)16(12-21-17)20(25)22-11-14-7-5-13(2)6-8-14/h5-10,12H,3-4,11H2,1-2H3,(H,21,24)(H,22,25). The SMILES string of the molecule is CCCc1ccc2[nH]cc(C(=O)NCc3ccc(C)cc3)c(=O)c2n1. The fraction of sp³-hybridized carbons (Fsp3) is 0.250. The van der Waals surface area contributed by atoms with Gasteiger partial charge in [-0.1, -0.05) is 43.2 Å². The maximum absolute atomic E-state index is 12.6. The van der Waals surface area contributed by atoms with Crippen LogP contribution in [0.5, 0.6) is 0 Å². The number of aryl methyl sites for hydroxylation is 2. The molecule has 1 aromatic carbocycles. The van der Waals surface area contributed by atoms with Gasteiger partial charge < -0.3 is 10.3 Å². The number of aromatic amines is 1. The van der Waals surface area contributed by atoms with Gasteiger partial charge in [0.1, 0.15) is 11.1 Å². The summed E-state index contributed by atoms with van der Waals surface area (Å²) in [7, 11) is 0. The lowest BCUT2D eigenvalue weighted by molar-refractivity contribution is 0.0949. The highest BCUT2D eigenvalue weighted by atomic mass is 16.2. The zero-order valence-electron chi connectivity index (χ0n) is 14.4. The number of nitrogens with one attached hydrogen (secondary N) is 2. The summed E-state index contributed by atoms with van der Waals surface area (Å²) in [5.74, 6) is -0.397. The number of hydrogen-bond acceptors (Lipinski definition) is 3. The van der Waals surface area contributed by atoms with Crippen molar-refractivity contribution in [3.8, 4) is 0 Å². The zero-order chi connectivity index (χ0) is 17.8. The zero-order valence-corrected chi connectivity index (χ0v) is 14.4. The molecule has 0 aliphatic heterocycles. The van der Waals surface area contributed by atoms with E-state index >= 15 is 0 Å². The molecule has 2 aromatic heterocycles. The fourth-order valence-electron chi connectivity index (χ4n) is 2.68. The number of amides is 1. The topological polar surface area (TPSA) is 74.8 Å². The van der Waals surface area contributed by atoms with Gasteiger partial charge in [0.15, 0.2) is 0 Å². The minimum Gasteiger partial charge on any atom is -0.359 e. The van der Waals surface area contributed by atoms with Crippen LogP contribution in [0.4, 0.5) is 0 Å². The quantitative estimate of drug-likeness (QED) is 0.752. The van der Waals surface area contributed by atoms with E-state index in [-0.39, 0.29) is 11.0 Å². The first kappa shape index (κ1) is 16.9. The van der Waals surface area contributed by atoms with Gasteiger partial charge >= 0.3 is 0 Å². The monoisotopic (exact) mass is 335 g/mol. The Morgan fingerprint density at radius 1 is 1.16 bits per heavy atom. The van der Waals surface area contributed by atoms with Crippen molar-refractivity contribution in [2.75, 3.05) is 0 Å². The number of pyridine rings is 2. The van der Waals surface area contributed by atoms with Gasteiger partial charge in [0.2, 0.25) is 5.43 Å². The Morgan fingerprint density at radius 3 is 2.64 bits per heavy atom. The van der Waals surface area contributed by atoms with Crippen LogP contribution in [0.3, 0.4) is 0 Å². The predicted octanol–water partition coefficient (Wildman–Crippen LogP) is 3.11. The molecule has 128 valence electrons. The Labute approximate surface area is 146 Å². The van der Waals surface area contributed by atoms with Crippen LogP contribution in [0, 0.1) is 6.92 Å². The Kier molecular flexibility index (Phi) is 4.93. The van der Waals surface area contributed by atoms with E-state index < -0.39 is 5.91 Å². The van der Waals surface area contributed by atoms with Gasteiger partial charge in [-0.3, -0.25) is 9.59 Å². The maximum atomic E-state index is 12.6. The van der Waals surface area contributed by atoms with E-state index in [2.05, 4.69) is 22.2 Å². The number of aromatic nitrogens is 2. The third-order valence-electron chi connectivity index (χ3n) is 4.11. The number of benzene rings is 1. The van der Waals surface area contributed by atoms with Gasteiger partial charge in [-0.05, 0) is 31.0 Å². The molecular weight excluding hydrogens is 314 g/mol.